The minimum atomic E-state index is -0.756. The summed E-state index contributed by atoms with van der Waals surface area (Å²) < 4.78 is 4.76. The van der Waals surface area contributed by atoms with Crippen molar-refractivity contribution in [2.75, 3.05) is 0 Å². The zero-order valence-electron chi connectivity index (χ0n) is 7.47. The zero-order chi connectivity index (χ0) is 9.07. The van der Waals surface area contributed by atoms with E-state index in [-0.39, 0.29) is 5.41 Å². The maximum absolute atomic E-state index is 10.4. The average molecular weight is 157 g/mol. The minimum absolute atomic E-state index is 0.163. The van der Waals surface area contributed by atoms with Crippen LogP contribution in [0.3, 0.4) is 0 Å². The highest BCUT2D eigenvalue weighted by Crippen LogP contribution is 2.25. The molecule has 64 valence electrons. The number of ether oxygens (including phenoxy) is 1. The Morgan fingerprint density at radius 1 is 1.45 bits per heavy atom. The van der Waals surface area contributed by atoms with Crippen LogP contribution in [0, 0.1) is 5.41 Å². The molecular weight excluding hydrogens is 142 g/mol. The van der Waals surface area contributed by atoms with E-state index in [1.54, 1.807) is 6.08 Å². The number of carbonyl (C=O) groups excluding carboxylic acids is 1. The number of carbonyl (C=O) groups is 1. The molecule has 0 rings (SSSR count). The summed E-state index contributed by atoms with van der Waals surface area (Å²) in [5.74, 6) is 0.602. The van der Waals surface area contributed by atoms with Crippen LogP contribution in [-0.2, 0) is 4.74 Å². The molecule has 2 N–H and O–H groups in total. The van der Waals surface area contributed by atoms with Gasteiger partial charge in [0.15, 0.2) is 0 Å². The van der Waals surface area contributed by atoms with Crippen LogP contribution in [0.2, 0.25) is 0 Å². The lowest BCUT2D eigenvalue weighted by Gasteiger charge is -2.20. The summed E-state index contributed by atoms with van der Waals surface area (Å²) in [6, 6.07) is 0. The molecule has 0 spiro atoms. The lowest BCUT2D eigenvalue weighted by molar-refractivity contribution is 0.163. The molecule has 0 fully saturated rings. The van der Waals surface area contributed by atoms with Crippen molar-refractivity contribution >= 4 is 6.09 Å². The molecule has 0 bridgehead atoms. The largest absolute Gasteiger partial charge is 0.415 e. The van der Waals surface area contributed by atoms with Crippen molar-refractivity contribution in [3.05, 3.63) is 11.8 Å². The summed E-state index contributed by atoms with van der Waals surface area (Å²) in [6.45, 7) is 7.66. The van der Waals surface area contributed by atoms with Gasteiger partial charge in [0.2, 0.25) is 0 Å². The van der Waals surface area contributed by atoms with Crippen molar-refractivity contribution in [1.29, 1.82) is 0 Å². The van der Waals surface area contributed by atoms with Crippen LogP contribution in [0.4, 0.5) is 4.79 Å². The van der Waals surface area contributed by atoms with E-state index in [1.165, 1.54) is 0 Å². The normalized spacial score (nSPS) is 12.9. The van der Waals surface area contributed by atoms with Crippen molar-refractivity contribution in [3.63, 3.8) is 0 Å². The first-order chi connectivity index (χ1) is 4.88. The lowest BCUT2D eigenvalue weighted by Crippen LogP contribution is -2.20. The van der Waals surface area contributed by atoms with Gasteiger partial charge in [-0.3, -0.25) is 0 Å². The molecule has 11 heavy (non-hydrogen) atoms. The maximum atomic E-state index is 10.4. The molecule has 0 aliphatic rings. The fourth-order valence-corrected chi connectivity index (χ4v) is 0.753. The number of primary amides is 1. The van der Waals surface area contributed by atoms with E-state index in [1.807, 2.05) is 27.7 Å². The van der Waals surface area contributed by atoms with Gasteiger partial charge in [-0.2, -0.15) is 0 Å². The van der Waals surface area contributed by atoms with Crippen molar-refractivity contribution in [2.45, 2.75) is 27.7 Å². The molecule has 1 amide bonds. The fraction of sp³-hybridized carbons (Fsp3) is 0.625. The van der Waals surface area contributed by atoms with Gasteiger partial charge in [-0.1, -0.05) is 20.8 Å². The number of nitrogens with two attached hydrogens (primary N) is 1. The molecular formula is C8H15NO2. The smallest absolute Gasteiger partial charge is 0.409 e. The summed E-state index contributed by atoms with van der Waals surface area (Å²) in [4.78, 5) is 10.4. The first kappa shape index (κ1) is 10.0. The van der Waals surface area contributed by atoms with E-state index in [9.17, 15) is 4.79 Å². The molecule has 0 aromatic rings. The zero-order valence-corrected chi connectivity index (χ0v) is 7.47. The Morgan fingerprint density at radius 3 is 2.00 bits per heavy atom. The Balaban J connectivity index is 4.33. The van der Waals surface area contributed by atoms with Crippen LogP contribution in [-0.4, -0.2) is 6.09 Å². The third-order valence-corrected chi connectivity index (χ3v) is 1.21. The standard InChI is InChI=1S/C8H15NO2/c1-5-6(8(2,3)4)11-7(9)10/h5H,1-4H3,(H2,9,10)/b6-5+. The predicted molar refractivity (Wildman–Crippen MR) is 43.9 cm³/mol. The topological polar surface area (TPSA) is 52.3 Å². The Bertz CT molecular complexity index is 177. The molecule has 0 aromatic carbocycles. The number of amides is 1. The van der Waals surface area contributed by atoms with Gasteiger partial charge in [-0.25, -0.2) is 4.79 Å². The first-order valence-corrected chi connectivity index (χ1v) is 3.52. The van der Waals surface area contributed by atoms with E-state index in [0.717, 1.165) is 0 Å². The van der Waals surface area contributed by atoms with Gasteiger partial charge in [0.1, 0.15) is 5.76 Å². The predicted octanol–water partition coefficient (Wildman–Crippen LogP) is 2.03. The van der Waals surface area contributed by atoms with Gasteiger partial charge in [0.05, 0.1) is 0 Å². The molecule has 0 saturated carbocycles. The van der Waals surface area contributed by atoms with Crippen molar-refractivity contribution in [3.8, 4) is 0 Å². The van der Waals surface area contributed by atoms with Crippen LogP contribution in [0.5, 0.6) is 0 Å². The highest BCUT2D eigenvalue weighted by molar-refractivity contribution is 5.66. The number of hydrogen-bond donors (Lipinski definition) is 1. The Morgan fingerprint density at radius 2 is 1.91 bits per heavy atom. The van der Waals surface area contributed by atoms with Crippen LogP contribution in [0.25, 0.3) is 0 Å². The molecule has 3 nitrogen and oxygen atoms in total. The first-order valence-electron chi connectivity index (χ1n) is 3.52. The van der Waals surface area contributed by atoms with Crippen LogP contribution >= 0.6 is 0 Å². The van der Waals surface area contributed by atoms with Gasteiger partial charge in [0.25, 0.3) is 0 Å². The molecule has 0 heterocycles. The highest BCUT2D eigenvalue weighted by Gasteiger charge is 2.19. The lowest BCUT2D eigenvalue weighted by atomic mass is 9.94. The summed E-state index contributed by atoms with van der Waals surface area (Å²) in [6.07, 6.45) is 0.984. The van der Waals surface area contributed by atoms with E-state index in [4.69, 9.17) is 10.5 Å². The van der Waals surface area contributed by atoms with Gasteiger partial charge in [-0.15, -0.1) is 0 Å². The summed E-state index contributed by atoms with van der Waals surface area (Å²) in [7, 11) is 0. The molecule has 0 radical (unpaired) electrons. The molecule has 0 unspecified atom stereocenters. The number of rotatable bonds is 1. The fourth-order valence-electron chi connectivity index (χ4n) is 0.753. The highest BCUT2D eigenvalue weighted by atomic mass is 16.6. The van der Waals surface area contributed by atoms with Gasteiger partial charge in [-0.05, 0) is 13.0 Å². The maximum Gasteiger partial charge on any atom is 0.409 e. The number of hydrogen-bond acceptors (Lipinski definition) is 2. The second kappa shape index (κ2) is 3.42. The Hall–Kier alpha value is -0.990. The monoisotopic (exact) mass is 157 g/mol. The van der Waals surface area contributed by atoms with Crippen LogP contribution in [0.1, 0.15) is 27.7 Å². The van der Waals surface area contributed by atoms with Gasteiger partial charge >= 0.3 is 6.09 Å². The molecule has 0 aliphatic carbocycles. The van der Waals surface area contributed by atoms with Crippen molar-refractivity contribution < 1.29 is 9.53 Å². The molecule has 0 atom stereocenters. The quantitative estimate of drug-likeness (QED) is 0.592. The molecule has 0 saturated heterocycles. The summed E-state index contributed by atoms with van der Waals surface area (Å²) in [5.41, 5.74) is 4.70. The van der Waals surface area contributed by atoms with E-state index in [2.05, 4.69) is 0 Å². The van der Waals surface area contributed by atoms with Gasteiger partial charge in [0, 0.05) is 5.41 Å². The van der Waals surface area contributed by atoms with Crippen molar-refractivity contribution in [2.24, 2.45) is 11.1 Å². The second-order valence-corrected chi connectivity index (χ2v) is 3.32. The SMILES string of the molecule is C/C=C(/OC(N)=O)C(C)(C)C. The van der Waals surface area contributed by atoms with Crippen molar-refractivity contribution in [1.82, 2.24) is 0 Å². The summed E-state index contributed by atoms with van der Waals surface area (Å²) >= 11 is 0. The van der Waals surface area contributed by atoms with E-state index in [0.29, 0.717) is 5.76 Å². The minimum Gasteiger partial charge on any atom is -0.415 e. The third kappa shape index (κ3) is 3.65. The van der Waals surface area contributed by atoms with E-state index >= 15 is 0 Å². The molecule has 0 aromatic heterocycles. The second-order valence-electron chi connectivity index (χ2n) is 3.32. The van der Waals surface area contributed by atoms with Crippen LogP contribution in [0.15, 0.2) is 11.8 Å². The Kier molecular flexibility index (Phi) is 3.11. The average Bonchev–Trinajstić information content (AvgIpc) is 1.79. The van der Waals surface area contributed by atoms with Crippen LogP contribution < -0.4 is 5.73 Å². The summed E-state index contributed by atoms with van der Waals surface area (Å²) in [5, 5.41) is 0. The molecule has 0 aliphatic heterocycles. The third-order valence-electron chi connectivity index (χ3n) is 1.21. The number of allylic oxidation sites excluding steroid dienone is 2. The molecule has 3 heteroatoms. The van der Waals surface area contributed by atoms with Gasteiger partial charge < -0.3 is 10.5 Å². The Labute approximate surface area is 67.2 Å². The van der Waals surface area contributed by atoms with E-state index < -0.39 is 6.09 Å².